The molecule has 158 valence electrons. The molecule has 1 saturated heterocycles. The fraction of sp³-hybridized carbons (Fsp3) is 0.292. The number of rotatable bonds is 6. The van der Waals surface area contributed by atoms with Gasteiger partial charge in [0.1, 0.15) is 11.6 Å². The number of thiazole rings is 1. The van der Waals surface area contributed by atoms with Crippen molar-refractivity contribution in [3.05, 3.63) is 64.4 Å². The first-order valence-corrected chi connectivity index (χ1v) is 11.5. The van der Waals surface area contributed by atoms with Gasteiger partial charge in [-0.15, -0.1) is 11.3 Å². The molecule has 6 nitrogen and oxygen atoms in total. The van der Waals surface area contributed by atoms with E-state index < -0.39 is 0 Å². The van der Waals surface area contributed by atoms with Crippen LogP contribution in [0.2, 0.25) is 0 Å². The molecule has 0 bridgehead atoms. The number of nitrogens with one attached hydrogen (secondary N) is 1. The molecule has 5 rings (SSSR count). The third-order valence-corrected chi connectivity index (χ3v) is 6.51. The minimum atomic E-state index is -0.132. The number of nitrogens with zero attached hydrogens (tertiary/aromatic N) is 3. The van der Waals surface area contributed by atoms with Crippen molar-refractivity contribution >= 4 is 22.2 Å². The summed E-state index contributed by atoms with van der Waals surface area (Å²) in [6, 6.07) is 13.5. The van der Waals surface area contributed by atoms with Crippen LogP contribution in [0, 0.1) is 0 Å². The lowest BCUT2D eigenvalue weighted by Crippen LogP contribution is -2.33. The first-order chi connectivity index (χ1) is 15.3. The molecule has 0 radical (unpaired) electrons. The lowest BCUT2D eigenvalue weighted by Gasteiger charge is -2.26. The van der Waals surface area contributed by atoms with Gasteiger partial charge < -0.3 is 9.72 Å². The van der Waals surface area contributed by atoms with Crippen molar-refractivity contribution in [1.82, 2.24) is 19.9 Å². The standard InChI is InChI=1S/C24H24N4O2S/c29-23-19(14-17-6-2-3-7-20(17)26-23)21-16-31-24(27-21)18-8-9-25-22(15-18)30-13-12-28-10-4-1-5-11-28/h2-3,6-9,14-16H,1,4-5,10-13H2,(H,26,29). The van der Waals surface area contributed by atoms with Crippen molar-refractivity contribution in [2.24, 2.45) is 0 Å². The van der Waals surface area contributed by atoms with Gasteiger partial charge in [0.25, 0.3) is 5.56 Å². The second-order valence-corrected chi connectivity index (χ2v) is 8.63. The topological polar surface area (TPSA) is 71.1 Å². The Labute approximate surface area is 184 Å². The van der Waals surface area contributed by atoms with Crippen LogP contribution in [0.4, 0.5) is 0 Å². The Hall–Kier alpha value is -3.03. The van der Waals surface area contributed by atoms with Crippen LogP contribution in [-0.2, 0) is 0 Å². The Morgan fingerprint density at radius 2 is 1.97 bits per heavy atom. The highest BCUT2D eigenvalue weighted by Crippen LogP contribution is 2.29. The molecule has 31 heavy (non-hydrogen) atoms. The van der Waals surface area contributed by atoms with Gasteiger partial charge in [0.15, 0.2) is 0 Å². The van der Waals surface area contributed by atoms with E-state index in [1.807, 2.05) is 47.8 Å². The lowest BCUT2D eigenvalue weighted by atomic mass is 10.1. The predicted octanol–water partition coefficient (Wildman–Crippen LogP) is 4.58. The minimum absolute atomic E-state index is 0.132. The summed E-state index contributed by atoms with van der Waals surface area (Å²) in [6.45, 7) is 3.88. The third kappa shape index (κ3) is 4.52. The largest absolute Gasteiger partial charge is 0.476 e. The molecule has 3 aromatic heterocycles. The number of H-pyrrole nitrogens is 1. The Bertz CT molecular complexity index is 1240. The monoisotopic (exact) mass is 432 g/mol. The van der Waals surface area contributed by atoms with E-state index >= 15 is 0 Å². The van der Waals surface area contributed by atoms with Crippen molar-refractivity contribution in [1.29, 1.82) is 0 Å². The summed E-state index contributed by atoms with van der Waals surface area (Å²) in [5.74, 6) is 0.606. The summed E-state index contributed by atoms with van der Waals surface area (Å²) in [5, 5.41) is 3.75. The summed E-state index contributed by atoms with van der Waals surface area (Å²) in [4.78, 5) is 27.0. The van der Waals surface area contributed by atoms with E-state index in [0.717, 1.165) is 41.1 Å². The quantitative estimate of drug-likeness (QED) is 0.483. The van der Waals surface area contributed by atoms with Crippen LogP contribution in [0.1, 0.15) is 19.3 Å². The SMILES string of the molecule is O=c1[nH]c2ccccc2cc1-c1csc(-c2ccnc(OCCN3CCCCC3)c2)n1. The molecule has 0 unspecified atom stereocenters. The second-order valence-electron chi connectivity index (χ2n) is 7.77. The van der Waals surface area contributed by atoms with Crippen LogP contribution in [0.15, 0.2) is 58.8 Å². The molecule has 1 N–H and O–H groups in total. The third-order valence-electron chi connectivity index (χ3n) is 5.62. The maximum Gasteiger partial charge on any atom is 0.257 e. The fourth-order valence-corrected chi connectivity index (χ4v) is 4.77. The number of hydrogen-bond acceptors (Lipinski definition) is 6. The van der Waals surface area contributed by atoms with Gasteiger partial charge in [-0.25, -0.2) is 9.97 Å². The molecule has 0 saturated carbocycles. The van der Waals surface area contributed by atoms with E-state index in [-0.39, 0.29) is 5.56 Å². The van der Waals surface area contributed by atoms with Crippen LogP contribution in [0.3, 0.4) is 0 Å². The molecule has 1 aliphatic rings. The zero-order chi connectivity index (χ0) is 21.0. The molecule has 4 aromatic rings. The number of pyridine rings is 2. The molecular weight excluding hydrogens is 408 g/mol. The molecule has 0 amide bonds. The molecule has 0 spiro atoms. The summed E-state index contributed by atoms with van der Waals surface area (Å²) in [6.07, 6.45) is 5.64. The van der Waals surface area contributed by atoms with Gasteiger partial charge in [-0.05, 0) is 49.5 Å². The molecule has 0 aliphatic carbocycles. The van der Waals surface area contributed by atoms with Crippen molar-refractivity contribution in [2.75, 3.05) is 26.2 Å². The number of ether oxygens (including phenoxy) is 1. The zero-order valence-electron chi connectivity index (χ0n) is 17.2. The van der Waals surface area contributed by atoms with Gasteiger partial charge in [-0.3, -0.25) is 9.69 Å². The average Bonchev–Trinajstić information content (AvgIpc) is 3.30. The van der Waals surface area contributed by atoms with E-state index in [1.54, 1.807) is 6.20 Å². The van der Waals surface area contributed by atoms with Crippen LogP contribution in [0.25, 0.3) is 32.7 Å². The highest BCUT2D eigenvalue weighted by atomic mass is 32.1. The number of para-hydroxylation sites is 1. The number of likely N-dealkylation sites (tertiary alicyclic amines) is 1. The van der Waals surface area contributed by atoms with Gasteiger partial charge in [-0.1, -0.05) is 24.6 Å². The van der Waals surface area contributed by atoms with E-state index in [0.29, 0.717) is 23.7 Å². The Kier molecular flexibility index (Phi) is 5.78. The minimum Gasteiger partial charge on any atom is -0.476 e. The highest BCUT2D eigenvalue weighted by Gasteiger charge is 2.13. The first kappa shape index (κ1) is 19.9. The average molecular weight is 433 g/mol. The Morgan fingerprint density at radius 3 is 2.87 bits per heavy atom. The summed E-state index contributed by atoms with van der Waals surface area (Å²) in [5.41, 5.74) is 2.89. The molecule has 4 heterocycles. The second kappa shape index (κ2) is 8.99. The normalized spacial score (nSPS) is 14.7. The van der Waals surface area contributed by atoms with Gasteiger partial charge in [-0.2, -0.15) is 0 Å². The van der Waals surface area contributed by atoms with Crippen molar-refractivity contribution in [3.63, 3.8) is 0 Å². The molecular formula is C24H24N4O2S. The van der Waals surface area contributed by atoms with Crippen LogP contribution in [-0.4, -0.2) is 46.1 Å². The van der Waals surface area contributed by atoms with Gasteiger partial charge in [0.05, 0.1) is 11.3 Å². The summed E-state index contributed by atoms with van der Waals surface area (Å²) >= 11 is 1.51. The molecule has 1 fully saturated rings. The maximum atomic E-state index is 12.6. The number of aromatic amines is 1. The fourth-order valence-electron chi connectivity index (χ4n) is 3.95. The highest BCUT2D eigenvalue weighted by molar-refractivity contribution is 7.13. The summed E-state index contributed by atoms with van der Waals surface area (Å²) in [7, 11) is 0. The number of aromatic nitrogens is 3. The van der Waals surface area contributed by atoms with Gasteiger partial charge >= 0.3 is 0 Å². The predicted molar refractivity (Wildman–Crippen MR) is 125 cm³/mol. The number of hydrogen-bond donors (Lipinski definition) is 1. The van der Waals surface area contributed by atoms with Crippen molar-refractivity contribution in [3.8, 4) is 27.7 Å². The Balaban J connectivity index is 1.32. The van der Waals surface area contributed by atoms with E-state index in [4.69, 9.17) is 9.72 Å². The first-order valence-electron chi connectivity index (χ1n) is 10.7. The van der Waals surface area contributed by atoms with E-state index in [9.17, 15) is 4.79 Å². The van der Waals surface area contributed by atoms with Crippen LogP contribution in [0.5, 0.6) is 5.88 Å². The van der Waals surface area contributed by atoms with E-state index in [1.165, 1.54) is 30.6 Å². The number of piperidine rings is 1. The zero-order valence-corrected chi connectivity index (χ0v) is 18.0. The molecule has 1 aromatic carbocycles. The van der Waals surface area contributed by atoms with Crippen molar-refractivity contribution in [2.45, 2.75) is 19.3 Å². The van der Waals surface area contributed by atoms with Gasteiger partial charge in [0, 0.05) is 35.3 Å². The lowest BCUT2D eigenvalue weighted by molar-refractivity contribution is 0.180. The number of fused-ring (bicyclic) bond motifs is 1. The smallest absolute Gasteiger partial charge is 0.257 e. The molecule has 7 heteroatoms. The molecule has 1 aliphatic heterocycles. The number of benzene rings is 1. The maximum absolute atomic E-state index is 12.6. The van der Waals surface area contributed by atoms with Crippen LogP contribution < -0.4 is 10.3 Å². The van der Waals surface area contributed by atoms with Gasteiger partial charge in [0.2, 0.25) is 5.88 Å². The van der Waals surface area contributed by atoms with E-state index in [2.05, 4.69) is 14.9 Å². The van der Waals surface area contributed by atoms with Crippen molar-refractivity contribution < 1.29 is 4.74 Å². The molecule has 0 atom stereocenters. The summed E-state index contributed by atoms with van der Waals surface area (Å²) < 4.78 is 5.90. The van der Waals surface area contributed by atoms with Crippen LogP contribution >= 0.6 is 11.3 Å². The Morgan fingerprint density at radius 1 is 1.10 bits per heavy atom.